The molecule has 6 heteroatoms. The third kappa shape index (κ3) is 5.57. The Morgan fingerprint density at radius 3 is 2.09 bits per heavy atom. The monoisotopic (exact) mass is 462 g/mol. The van der Waals surface area contributed by atoms with E-state index in [0.717, 1.165) is 30.4 Å². The van der Waals surface area contributed by atoms with Crippen LogP contribution in [0.25, 0.3) is 0 Å². The molecule has 1 saturated carbocycles. The molecule has 33 heavy (non-hydrogen) atoms. The van der Waals surface area contributed by atoms with Crippen molar-refractivity contribution < 1.29 is 23.4 Å². The number of benzene rings is 3. The number of hydrogen-bond donors (Lipinski definition) is 2. The largest absolute Gasteiger partial charge is 0.508 e. The van der Waals surface area contributed by atoms with Gasteiger partial charge in [-0.05, 0) is 105 Å². The van der Waals surface area contributed by atoms with E-state index in [9.17, 15) is 18.6 Å². The lowest BCUT2D eigenvalue weighted by molar-refractivity contribution is 0.0610. The van der Waals surface area contributed by atoms with E-state index in [0.29, 0.717) is 24.3 Å². The third-order valence-electron chi connectivity index (χ3n) is 5.69. The minimum Gasteiger partial charge on any atom is -0.508 e. The first-order chi connectivity index (χ1) is 15.7. The normalized spacial score (nSPS) is 15.3. The molecule has 3 aromatic carbocycles. The number of phenolic OH excluding ortho intramolecular Hbond substituents is 1. The molecule has 0 amide bonds. The molecule has 0 bridgehead atoms. The van der Waals surface area contributed by atoms with Crippen LogP contribution in [0.4, 0.5) is 0 Å². The van der Waals surface area contributed by atoms with Crippen LogP contribution in [0.15, 0.2) is 76.5 Å². The van der Waals surface area contributed by atoms with Crippen molar-refractivity contribution >= 4 is 9.84 Å². The van der Waals surface area contributed by atoms with Gasteiger partial charge in [-0.1, -0.05) is 18.3 Å². The van der Waals surface area contributed by atoms with Crippen LogP contribution in [0.3, 0.4) is 0 Å². The number of rotatable bonds is 4. The maximum absolute atomic E-state index is 12.8. The Morgan fingerprint density at radius 2 is 1.45 bits per heavy atom. The van der Waals surface area contributed by atoms with Crippen molar-refractivity contribution in [3.8, 4) is 29.1 Å². The van der Waals surface area contributed by atoms with Gasteiger partial charge >= 0.3 is 0 Å². The fourth-order valence-electron chi connectivity index (χ4n) is 3.91. The zero-order valence-corrected chi connectivity index (χ0v) is 19.2. The molecular formula is C27H26O5S. The zero-order valence-electron chi connectivity index (χ0n) is 18.4. The van der Waals surface area contributed by atoms with Gasteiger partial charge in [-0.2, -0.15) is 0 Å². The Bertz CT molecular complexity index is 1290. The number of aryl methyl sites for hydroxylation is 1. The molecule has 0 aliphatic heterocycles. The van der Waals surface area contributed by atoms with Crippen LogP contribution in [-0.2, 0) is 9.84 Å². The van der Waals surface area contributed by atoms with Crippen molar-refractivity contribution in [3.05, 3.63) is 77.9 Å². The topological polar surface area (TPSA) is 83.8 Å². The van der Waals surface area contributed by atoms with Crippen molar-refractivity contribution in [2.45, 2.75) is 54.4 Å². The Morgan fingerprint density at radius 1 is 0.848 bits per heavy atom. The second-order valence-corrected chi connectivity index (χ2v) is 10.4. The first-order valence-electron chi connectivity index (χ1n) is 10.9. The lowest BCUT2D eigenvalue weighted by atomic mass is 9.85. The smallest absolute Gasteiger partial charge is 0.206 e. The molecule has 0 unspecified atom stereocenters. The number of phenols is 1. The lowest BCUT2D eigenvalue weighted by Crippen LogP contribution is -2.29. The summed E-state index contributed by atoms with van der Waals surface area (Å²) >= 11 is 0. The van der Waals surface area contributed by atoms with Crippen LogP contribution in [0, 0.1) is 18.8 Å². The molecule has 0 saturated heterocycles. The second-order valence-electron chi connectivity index (χ2n) is 8.45. The average Bonchev–Trinajstić information content (AvgIpc) is 2.79. The molecule has 3 aromatic rings. The molecule has 0 heterocycles. The van der Waals surface area contributed by atoms with Crippen LogP contribution in [0.5, 0.6) is 17.2 Å². The number of sulfone groups is 1. The summed E-state index contributed by atoms with van der Waals surface area (Å²) in [6.07, 6.45) is 4.53. The summed E-state index contributed by atoms with van der Waals surface area (Å²) in [6.45, 7) is 1.95. The van der Waals surface area contributed by atoms with Gasteiger partial charge in [0.05, 0.1) is 9.79 Å². The van der Waals surface area contributed by atoms with Crippen LogP contribution >= 0.6 is 0 Å². The summed E-state index contributed by atoms with van der Waals surface area (Å²) in [5, 5.41) is 20.0. The van der Waals surface area contributed by atoms with Gasteiger partial charge in [-0.15, -0.1) is 0 Å². The highest BCUT2D eigenvalue weighted by molar-refractivity contribution is 7.91. The van der Waals surface area contributed by atoms with E-state index in [-0.39, 0.29) is 15.5 Å². The van der Waals surface area contributed by atoms with E-state index in [2.05, 4.69) is 11.8 Å². The summed E-state index contributed by atoms with van der Waals surface area (Å²) < 4.78 is 31.5. The highest BCUT2D eigenvalue weighted by atomic mass is 32.2. The Hall–Kier alpha value is -3.27. The fourth-order valence-corrected chi connectivity index (χ4v) is 5.17. The van der Waals surface area contributed by atoms with E-state index in [1.54, 1.807) is 12.1 Å². The molecule has 170 valence electrons. The van der Waals surface area contributed by atoms with E-state index < -0.39 is 15.4 Å². The molecule has 1 aliphatic rings. The minimum absolute atomic E-state index is 0.00723. The summed E-state index contributed by atoms with van der Waals surface area (Å²) in [5.74, 6) is 7.23. The minimum atomic E-state index is -3.69. The molecule has 4 rings (SSSR count). The number of aromatic hydroxyl groups is 1. The molecule has 2 N–H and O–H groups in total. The van der Waals surface area contributed by atoms with Gasteiger partial charge in [-0.3, -0.25) is 0 Å². The van der Waals surface area contributed by atoms with Gasteiger partial charge in [-0.25, -0.2) is 8.42 Å². The highest BCUT2D eigenvalue weighted by Gasteiger charge is 2.26. The molecule has 5 nitrogen and oxygen atoms in total. The van der Waals surface area contributed by atoms with Crippen LogP contribution in [-0.4, -0.2) is 24.2 Å². The van der Waals surface area contributed by atoms with E-state index in [1.807, 2.05) is 25.1 Å². The van der Waals surface area contributed by atoms with Crippen molar-refractivity contribution in [3.63, 3.8) is 0 Å². The average molecular weight is 463 g/mol. The number of hydrogen-bond acceptors (Lipinski definition) is 5. The summed E-state index contributed by atoms with van der Waals surface area (Å²) in [4.78, 5) is 0.243. The molecule has 1 fully saturated rings. The van der Waals surface area contributed by atoms with Crippen molar-refractivity contribution in [1.82, 2.24) is 0 Å². The van der Waals surface area contributed by atoms with Gasteiger partial charge < -0.3 is 14.9 Å². The Labute approximate surface area is 194 Å². The van der Waals surface area contributed by atoms with Gasteiger partial charge in [0, 0.05) is 5.56 Å². The maximum atomic E-state index is 12.8. The zero-order chi connectivity index (χ0) is 23.5. The molecule has 0 spiro atoms. The predicted octanol–water partition coefficient (Wildman–Crippen LogP) is 5.37. The van der Waals surface area contributed by atoms with Crippen LogP contribution in [0.1, 0.15) is 43.2 Å². The van der Waals surface area contributed by atoms with E-state index >= 15 is 0 Å². The number of aliphatic hydroxyl groups is 1. The molecule has 1 aliphatic carbocycles. The molecule has 0 aromatic heterocycles. The lowest BCUT2D eigenvalue weighted by Gasteiger charge is -2.26. The van der Waals surface area contributed by atoms with Gasteiger partial charge in [0.2, 0.25) is 9.84 Å². The Kier molecular flexibility index (Phi) is 6.46. The molecule has 0 atom stereocenters. The van der Waals surface area contributed by atoms with Crippen molar-refractivity contribution in [2.75, 3.05) is 0 Å². The van der Waals surface area contributed by atoms with Gasteiger partial charge in [0.1, 0.15) is 22.8 Å². The summed E-state index contributed by atoms with van der Waals surface area (Å²) in [7, 11) is -3.69. The molecular weight excluding hydrogens is 436 g/mol. The number of ether oxygens (including phenoxy) is 1. The first kappa shape index (κ1) is 22.9. The molecule has 0 radical (unpaired) electrons. The second kappa shape index (κ2) is 9.30. The van der Waals surface area contributed by atoms with Gasteiger partial charge in [0.25, 0.3) is 0 Å². The first-order valence-corrected chi connectivity index (χ1v) is 12.4. The Balaban J connectivity index is 1.52. The predicted molar refractivity (Wildman–Crippen MR) is 126 cm³/mol. The van der Waals surface area contributed by atoms with Gasteiger partial charge in [0.15, 0.2) is 0 Å². The van der Waals surface area contributed by atoms with Crippen LogP contribution in [0.2, 0.25) is 0 Å². The summed E-state index contributed by atoms with van der Waals surface area (Å²) in [6, 6.07) is 17.2. The summed E-state index contributed by atoms with van der Waals surface area (Å²) in [5.41, 5.74) is 0.816. The van der Waals surface area contributed by atoms with E-state index in [4.69, 9.17) is 4.74 Å². The van der Waals surface area contributed by atoms with Crippen molar-refractivity contribution in [1.29, 1.82) is 0 Å². The quantitative estimate of drug-likeness (QED) is 0.509. The van der Waals surface area contributed by atoms with Crippen LogP contribution < -0.4 is 4.74 Å². The van der Waals surface area contributed by atoms with E-state index in [1.165, 1.54) is 36.4 Å². The highest BCUT2D eigenvalue weighted by Crippen LogP contribution is 2.29. The SMILES string of the molecule is Cc1cc(C#CC2(O)CCCCC2)cc(Oc2ccc(S(=O)(=O)c3ccc(O)cc3)cc2)c1. The third-order valence-corrected chi connectivity index (χ3v) is 7.47. The maximum Gasteiger partial charge on any atom is 0.206 e. The fraction of sp³-hybridized carbons (Fsp3) is 0.259. The standard InChI is InChI=1S/C27H26O5S/c1-20-17-21(13-16-27(29)14-3-2-4-15-27)19-24(18-20)32-23-7-11-26(12-8-23)33(30,31)25-9-5-22(28)6-10-25/h5-12,17-19,28-29H,2-4,14-15H2,1H3. The van der Waals surface area contributed by atoms with Crippen molar-refractivity contribution in [2.24, 2.45) is 0 Å².